The highest BCUT2D eigenvalue weighted by atomic mass is 79.9. The number of para-hydroxylation sites is 2. The van der Waals surface area contributed by atoms with E-state index in [9.17, 15) is 9.59 Å². The lowest BCUT2D eigenvalue weighted by atomic mass is 10.0. The third-order valence-electron chi connectivity index (χ3n) is 5.72. The number of nitrogens with zero attached hydrogens (tertiary/aromatic N) is 1. The van der Waals surface area contributed by atoms with E-state index in [2.05, 4.69) is 47.4 Å². The van der Waals surface area contributed by atoms with E-state index in [4.69, 9.17) is 16.3 Å². The smallest absolute Gasteiger partial charge is 0.343 e. The molecule has 0 radical (unpaired) electrons. The molecule has 0 unspecified atom stereocenters. The molecule has 5 rings (SSSR count). The zero-order valence-electron chi connectivity index (χ0n) is 19.5. The van der Waals surface area contributed by atoms with E-state index >= 15 is 0 Å². The average molecular weight is 652 g/mol. The van der Waals surface area contributed by atoms with Gasteiger partial charge in [-0.25, -0.2) is 10.2 Å². The van der Waals surface area contributed by atoms with Crippen LogP contribution in [0, 0.1) is 0 Å². The van der Waals surface area contributed by atoms with Gasteiger partial charge in [0.1, 0.15) is 11.4 Å². The second-order valence-corrected chi connectivity index (χ2v) is 10.3. The molecule has 38 heavy (non-hydrogen) atoms. The Balaban J connectivity index is 1.41. The molecule has 5 aromatic rings. The Labute approximate surface area is 239 Å². The first-order valence-electron chi connectivity index (χ1n) is 11.4. The summed E-state index contributed by atoms with van der Waals surface area (Å²) in [6, 6.07) is 26.8. The fourth-order valence-electron chi connectivity index (χ4n) is 3.94. The number of esters is 1. The van der Waals surface area contributed by atoms with Crippen molar-refractivity contribution in [2.75, 3.05) is 0 Å². The van der Waals surface area contributed by atoms with Gasteiger partial charge in [-0.2, -0.15) is 5.10 Å². The molecule has 2 N–H and O–H groups in total. The molecular weight excluding hydrogens is 634 g/mol. The van der Waals surface area contributed by atoms with E-state index in [1.54, 1.807) is 54.6 Å². The van der Waals surface area contributed by atoms with Crippen LogP contribution in [0.4, 0.5) is 0 Å². The molecule has 0 aliphatic carbocycles. The maximum atomic E-state index is 13.3. The van der Waals surface area contributed by atoms with Crippen LogP contribution in [0.1, 0.15) is 26.4 Å². The van der Waals surface area contributed by atoms with E-state index in [0.29, 0.717) is 33.2 Å². The van der Waals surface area contributed by atoms with E-state index in [-0.39, 0.29) is 0 Å². The number of fused-ring (bicyclic) bond motifs is 1. The van der Waals surface area contributed by atoms with Gasteiger partial charge in [0.2, 0.25) is 0 Å². The monoisotopic (exact) mass is 649 g/mol. The topological polar surface area (TPSA) is 83.5 Å². The number of rotatable bonds is 6. The number of benzene rings is 4. The third kappa shape index (κ3) is 5.43. The van der Waals surface area contributed by atoms with Crippen LogP contribution >= 0.6 is 43.5 Å². The Morgan fingerprint density at radius 3 is 2.42 bits per heavy atom. The summed E-state index contributed by atoms with van der Waals surface area (Å²) in [5.41, 5.74) is 5.96. The molecule has 0 saturated heterocycles. The van der Waals surface area contributed by atoms with Crippen LogP contribution in [-0.4, -0.2) is 23.1 Å². The molecule has 0 bridgehead atoms. The summed E-state index contributed by atoms with van der Waals surface area (Å²) in [5, 5.41) is 5.49. The first kappa shape index (κ1) is 25.9. The van der Waals surface area contributed by atoms with Crippen LogP contribution in [0.5, 0.6) is 5.75 Å². The SMILES string of the molecule is O=C(Oc1ccccc1C=NNC(=O)c1[nH]c2c(Br)cccc2c1-c1ccccc1Cl)c1ccc(Br)cc1. The summed E-state index contributed by atoms with van der Waals surface area (Å²) in [6.45, 7) is 0. The minimum absolute atomic E-state index is 0.310. The molecule has 0 atom stereocenters. The van der Waals surface area contributed by atoms with Gasteiger partial charge < -0.3 is 9.72 Å². The average Bonchev–Trinajstić information content (AvgIpc) is 3.31. The highest BCUT2D eigenvalue weighted by Gasteiger charge is 2.21. The largest absolute Gasteiger partial charge is 0.422 e. The number of hydrogen-bond donors (Lipinski definition) is 2. The number of aromatic nitrogens is 1. The second-order valence-electron chi connectivity index (χ2n) is 8.15. The number of aromatic amines is 1. The molecule has 0 spiro atoms. The van der Waals surface area contributed by atoms with Crippen molar-refractivity contribution < 1.29 is 14.3 Å². The van der Waals surface area contributed by atoms with Gasteiger partial charge in [-0.1, -0.05) is 70.0 Å². The fourth-order valence-corrected chi connectivity index (χ4v) is 4.90. The van der Waals surface area contributed by atoms with E-state index in [1.807, 2.05) is 36.4 Å². The Hall–Kier alpha value is -3.72. The van der Waals surface area contributed by atoms with Crippen LogP contribution in [0.15, 0.2) is 105 Å². The maximum Gasteiger partial charge on any atom is 0.343 e. The van der Waals surface area contributed by atoms with Crippen molar-refractivity contribution in [3.63, 3.8) is 0 Å². The molecule has 0 aliphatic rings. The van der Waals surface area contributed by atoms with Crippen molar-refractivity contribution in [2.24, 2.45) is 5.10 Å². The zero-order chi connectivity index (χ0) is 26.6. The van der Waals surface area contributed by atoms with Gasteiger partial charge in [0.15, 0.2) is 0 Å². The number of hydrazone groups is 1. The van der Waals surface area contributed by atoms with Gasteiger partial charge in [-0.05, 0) is 64.5 Å². The quantitative estimate of drug-likeness (QED) is 0.0845. The van der Waals surface area contributed by atoms with Crippen molar-refractivity contribution in [2.45, 2.75) is 0 Å². The van der Waals surface area contributed by atoms with Gasteiger partial charge in [0, 0.05) is 36.0 Å². The highest BCUT2D eigenvalue weighted by molar-refractivity contribution is 9.11. The Morgan fingerprint density at radius 1 is 0.895 bits per heavy atom. The standard InChI is InChI=1S/C29H18Br2ClN3O3/c30-19-14-12-17(13-15-19)29(37)38-24-11-4-1-6-18(24)16-33-35-28(36)27-25(20-7-2-3-10-23(20)32)21-8-5-9-22(31)26(21)34-27/h1-16,34H,(H,35,36). The molecular formula is C29H18Br2ClN3O3. The van der Waals surface area contributed by atoms with Crippen molar-refractivity contribution in [3.05, 3.63) is 122 Å². The number of H-pyrrole nitrogens is 1. The molecule has 188 valence electrons. The minimum atomic E-state index is -0.504. The predicted molar refractivity (Wildman–Crippen MR) is 157 cm³/mol. The number of nitrogens with one attached hydrogen (secondary N) is 2. The Kier molecular flexibility index (Phi) is 7.74. The molecule has 0 saturated carbocycles. The maximum absolute atomic E-state index is 13.3. The summed E-state index contributed by atoms with van der Waals surface area (Å²) >= 11 is 13.4. The highest BCUT2D eigenvalue weighted by Crippen LogP contribution is 2.38. The summed E-state index contributed by atoms with van der Waals surface area (Å²) in [5.74, 6) is -0.649. The van der Waals surface area contributed by atoms with Crippen LogP contribution in [0.25, 0.3) is 22.0 Å². The fraction of sp³-hybridized carbons (Fsp3) is 0. The van der Waals surface area contributed by atoms with E-state index in [0.717, 1.165) is 25.4 Å². The van der Waals surface area contributed by atoms with Crippen molar-refractivity contribution in [1.82, 2.24) is 10.4 Å². The normalized spacial score (nSPS) is 11.1. The predicted octanol–water partition coefficient (Wildman–Crippen LogP) is 8.00. The number of amides is 1. The summed E-state index contributed by atoms with van der Waals surface area (Å²) in [4.78, 5) is 29.1. The minimum Gasteiger partial charge on any atom is -0.422 e. The number of carbonyl (C=O) groups is 2. The number of ether oxygens (including phenoxy) is 1. The molecule has 0 aliphatic heterocycles. The van der Waals surface area contributed by atoms with Gasteiger partial charge in [-0.15, -0.1) is 0 Å². The van der Waals surface area contributed by atoms with Gasteiger partial charge in [-0.3, -0.25) is 4.79 Å². The van der Waals surface area contributed by atoms with Gasteiger partial charge in [0.25, 0.3) is 5.91 Å². The van der Waals surface area contributed by atoms with Crippen molar-refractivity contribution in [1.29, 1.82) is 0 Å². The van der Waals surface area contributed by atoms with Crippen molar-refractivity contribution >= 4 is 72.5 Å². The van der Waals surface area contributed by atoms with Gasteiger partial charge in [0.05, 0.1) is 17.3 Å². The first-order valence-corrected chi connectivity index (χ1v) is 13.3. The molecule has 0 fully saturated rings. The second kappa shape index (κ2) is 11.3. The molecule has 4 aromatic carbocycles. The van der Waals surface area contributed by atoms with Gasteiger partial charge >= 0.3 is 5.97 Å². The number of carbonyl (C=O) groups excluding carboxylic acids is 2. The van der Waals surface area contributed by atoms with Crippen LogP contribution in [0.3, 0.4) is 0 Å². The molecule has 1 heterocycles. The number of halogens is 3. The Bertz CT molecular complexity index is 1700. The lowest BCUT2D eigenvalue weighted by molar-refractivity contribution is 0.0734. The van der Waals surface area contributed by atoms with E-state index in [1.165, 1.54) is 6.21 Å². The lowest BCUT2D eigenvalue weighted by Crippen LogP contribution is -2.19. The van der Waals surface area contributed by atoms with Crippen molar-refractivity contribution in [3.8, 4) is 16.9 Å². The molecule has 6 nitrogen and oxygen atoms in total. The molecule has 1 amide bonds. The molecule has 1 aromatic heterocycles. The number of hydrogen-bond acceptors (Lipinski definition) is 4. The summed E-state index contributed by atoms with van der Waals surface area (Å²) in [6.07, 6.45) is 1.43. The third-order valence-corrected chi connectivity index (χ3v) is 7.24. The van der Waals surface area contributed by atoms with Crippen LogP contribution in [0.2, 0.25) is 5.02 Å². The zero-order valence-corrected chi connectivity index (χ0v) is 23.5. The Morgan fingerprint density at radius 2 is 1.63 bits per heavy atom. The van der Waals surface area contributed by atoms with Crippen LogP contribution < -0.4 is 10.2 Å². The lowest BCUT2D eigenvalue weighted by Gasteiger charge is -2.08. The first-order chi connectivity index (χ1) is 18.4. The summed E-state index contributed by atoms with van der Waals surface area (Å²) in [7, 11) is 0. The van der Waals surface area contributed by atoms with Crippen LogP contribution in [-0.2, 0) is 0 Å². The summed E-state index contributed by atoms with van der Waals surface area (Å²) < 4.78 is 7.24. The molecule has 9 heteroatoms. The van der Waals surface area contributed by atoms with E-state index < -0.39 is 11.9 Å².